The molecule has 0 bridgehead atoms. The number of anilines is 1. The summed E-state index contributed by atoms with van der Waals surface area (Å²) in [6, 6.07) is 8.78. The Morgan fingerprint density at radius 3 is 2.69 bits per heavy atom. The highest BCUT2D eigenvalue weighted by molar-refractivity contribution is 7.21. The summed E-state index contributed by atoms with van der Waals surface area (Å²) in [4.78, 5) is 35.9. The van der Waals surface area contributed by atoms with E-state index in [-0.39, 0.29) is 28.8 Å². The summed E-state index contributed by atoms with van der Waals surface area (Å²) in [6.45, 7) is 1.49. The smallest absolute Gasteiger partial charge is 0.350 e. The fourth-order valence-electron chi connectivity index (χ4n) is 4.71. The van der Waals surface area contributed by atoms with Crippen LogP contribution >= 0.6 is 11.3 Å². The molecule has 2 atom stereocenters. The van der Waals surface area contributed by atoms with Crippen LogP contribution in [0.1, 0.15) is 37.1 Å². The molecule has 2 aliphatic rings. The van der Waals surface area contributed by atoms with E-state index in [1.165, 1.54) is 0 Å². The van der Waals surface area contributed by atoms with Gasteiger partial charge in [0.25, 0.3) is 5.56 Å². The van der Waals surface area contributed by atoms with Gasteiger partial charge in [0.2, 0.25) is 11.7 Å². The zero-order valence-electron chi connectivity index (χ0n) is 18.8. The topological polar surface area (TPSA) is 92.2 Å². The van der Waals surface area contributed by atoms with Gasteiger partial charge >= 0.3 is 6.18 Å². The molecule has 186 valence electrons. The second-order valence-corrected chi connectivity index (χ2v) is 9.80. The maximum atomic E-state index is 13.8. The fourth-order valence-corrected chi connectivity index (χ4v) is 5.72. The number of aromatic nitrogens is 3. The van der Waals surface area contributed by atoms with E-state index in [4.69, 9.17) is 0 Å². The Labute approximate surface area is 203 Å². The number of benzene rings is 1. The molecule has 2 unspecified atom stereocenters. The molecule has 5 rings (SSSR count). The van der Waals surface area contributed by atoms with Crippen LogP contribution in [0.4, 0.5) is 18.3 Å². The van der Waals surface area contributed by atoms with Gasteiger partial charge < -0.3 is 15.5 Å². The van der Waals surface area contributed by atoms with E-state index < -0.39 is 23.6 Å². The predicted molar refractivity (Wildman–Crippen MR) is 126 cm³/mol. The molecule has 2 fully saturated rings. The number of halogens is 3. The molecule has 0 spiro atoms. The summed E-state index contributed by atoms with van der Waals surface area (Å²) in [5.41, 5.74) is 0.0701. The third-order valence-corrected chi connectivity index (χ3v) is 7.42. The Kier molecular flexibility index (Phi) is 6.49. The first-order valence-electron chi connectivity index (χ1n) is 11.6. The standard InChI is InChI=1S/C23H25F3N6O2S/c24-23(25,26)21-30-19-17(20(34)32(21)13-15-8-4-10-27-15)29-22(35-19)31-11-5-9-16(31)18(33)28-12-14-6-2-1-3-7-14/h1-3,6-7,15-16,27H,4-5,8-13H2,(H,28,33). The summed E-state index contributed by atoms with van der Waals surface area (Å²) in [6.07, 6.45) is -1.91. The minimum atomic E-state index is -4.77. The Hall–Kier alpha value is -2.99. The monoisotopic (exact) mass is 506 g/mol. The Bertz CT molecular complexity index is 1270. The lowest BCUT2D eigenvalue weighted by molar-refractivity contribution is -0.148. The molecule has 0 aliphatic carbocycles. The Balaban J connectivity index is 1.43. The van der Waals surface area contributed by atoms with Crippen LogP contribution in [0.25, 0.3) is 10.3 Å². The number of carbonyl (C=O) groups is 1. The van der Waals surface area contributed by atoms with Crippen molar-refractivity contribution in [1.82, 2.24) is 25.2 Å². The van der Waals surface area contributed by atoms with E-state index >= 15 is 0 Å². The summed E-state index contributed by atoms with van der Waals surface area (Å²) in [5, 5.41) is 6.39. The predicted octanol–water partition coefficient (Wildman–Crippen LogP) is 2.91. The number of hydrogen-bond donors (Lipinski definition) is 2. The summed E-state index contributed by atoms with van der Waals surface area (Å²) < 4.78 is 42.1. The average Bonchev–Trinajstić information content (AvgIpc) is 3.59. The fraction of sp³-hybridized carbons (Fsp3) is 0.478. The number of nitrogens with zero attached hydrogens (tertiary/aromatic N) is 4. The minimum absolute atomic E-state index is 0.0664. The molecule has 2 N–H and O–H groups in total. The third-order valence-electron chi connectivity index (χ3n) is 6.44. The lowest BCUT2D eigenvalue weighted by Crippen LogP contribution is -2.43. The molecule has 0 radical (unpaired) electrons. The molecule has 8 nitrogen and oxygen atoms in total. The number of nitrogens with one attached hydrogen (secondary N) is 2. The summed E-state index contributed by atoms with van der Waals surface area (Å²) in [7, 11) is 0. The molecular weight excluding hydrogens is 481 g/mol. The van der Waals surface area contributed by atoms with Crippen molar-refractivity contribution in [3.63, 3.8) is 0 Å². The average molecular weight is 507 g/mol. The van der Waals surface area contributed by atoms with E-state index in [0.717, 1.165) is 29.7 Å². The van der Waals surface area contributed by atoms with Gasteiger partial charge in [0, 0.05) is 25.7 Å². The van der Waals surface area contributed by atoms with Crippen molar-refractivity contribution in [3.05, 3.63) is 52.1 Å². The lowest BCUT2D eigenvalue weighted by Gasteiger charge is -2.23. The van der Waals surface area contributed by atoms with Crippen LogP contribution in [0.3, 0.4) is 0 Å². The van der Waals surface area contributed by atoms with E-state index in [9.17, 15) is 22.8 Å². The van der Waals surface area contributed by atoms with Gasteiger partial charge in [0.15, 0.2) is 15.5 Å². The Morgan fingerprint density at radius 2 is 1.97 bits per heavy atom. The number of thiazole rings is 1. The largest absolute Gasteiger partial charge is 0.449 e. The number of amides is 1. The number of alkyl halides is 3. The van der Waals surface area contributed by atoms with Crippen LogP contribution in [-0.4, -0.2) is 45.6 Å². The molecule has 35 heavy (non-hydrogen) atoms. The molecule has 1 aromatic carbocycles. The molecule has 2 saturated heterocycles. The van der Waals surface area contributed by atoms with E-state index in [2.05, 4.69) is 20.6 Å². The van der Waals surface area contributed by atoms with Gasteiger partial charge in [-0.1, -0.05) is 41.7 Å². The summed E-state index contributed by atoms with van der Waals surface area (Å²) >= 11 is 0.921. The van der Waals surface area contributed by atoms with Crippen LogP contribution in [0.2, 0.25) is 0 Å². The third kappa shape index (κ3) is 4.90. The quantitative estimate of drug-likeness (QED) is 0.534. The van der Waals surface area contributed by atoms with Gasteiger partial charge in [0.05, 0.1) is 0 Å². The second kappa shape index (κ2) is 9.57. The van der Waals surface area contributed by atoms with E-state index in [1.54, 1.807) is 4.90 Å². The number of fused-ring (bicyclic) bond motifs is 1. The second-order valence-electron chi connectivity index (χ2n) is 8.85. The van der Waals surface area contributed by atoms with E-state index in [1.807, 2.05) is 30.3 Å². The van der Waals surface area contributed by atoms with Gasteiger partial charge in [-0.25, -0.2) is 9.97 Å². The first kappa shape index (κ1) is 23.7. The SMILES string of the molecule is O=C(NCc1ccccc1)C1CCCN1c1nc2c(=O)n(CC3CCCN3)c(C(F)(F)F)nc2s1. The number of rotatable bonds is 6. The van der Waals surface area contributed by atoms with Crippen molar-refractivity contribution in [2.24, 2.45) is 0 Å². The van der Waals surface area contributed by atoms with Crippen LogP contribution < -0.4 is 21.1 Å². The van der Waals surface area contributed by atoms with Gasteiger partial charge in [-0.3, -0.25) is 14.2 Å². The number of carbonyl (C=O) groups excluding carboxylic acids is 1. The molecule has 4 heterocycles. The zero-order chi connectivity index (χ0) is 24.6. The molecule has 3 aromatic rings. The molecule has 1 amide bonds. The maximum Gasteiger partial charge on any atom is 0.449 e. The first-order chi connectivity index (χ1) is 16.8. The maximum absolute atomic E-state index is 13.8. The highest BCUT2D eigenvalue weighted by atomic mass is 32.1. The number of hydrogen-bond acceptors (Lipinski definition) is 7. The molecule has 2 aromatic heterocycles. The van der Waals surface area contributed by atoms with Crippen molar-refractivity contribution in [2.45, 2.75) is 57.0 Å². The van der Waals surface area contributed by atoms with Crippen LogP contribution in [0.15, 0.2) is 35.1 Å². The van der Waals surface area contributed by atoms with Gasteiger partial charge in [-0.2, -0.15) is 13.2 Å². The van der Waals surface area contributed by atoms with Crippen molar-refractivity contribution in [1.29, 1.82) is 0 Å². The van der Waals surface area contributed by atoms with Crippen molar-refractivity contribution in [2.75, 3.05) is 18.0 Å². The lowest BCUT2D eigenvalue weighted by atomic mass is 10.2. The highest BCUT2D eigenvalue weighted by Gasteiger charge is 2.39. The molecule has 0 saturated carbocycles. The summed E-state index contributed by atoms with van der Waals surface area (Å²) in [5.74, 6) is -1.39. The molecular formula is C23H25F3N6O2S. The van der Waals surface area contributed by atoms with Crippen LogP contribution in [-0.2, 0) is 24.1 Å². The van der Waals surface area contributed by atoms with Crippen molar-refractivity contribution in [3.8, 4) is 0 Å². The zero-order valence-corrected chi connectivity index (χ0v) is 19.7. The normalized spacial score (nSPS) is 20.6. The van der Waals surface area contributed by atoms with Gasteiger partial charge in [-0.15, -0.1) is 0 Å². The van der Waals surface area contributed by atoms with Crippen LogP contribution in [0, 0.1) is 0 Å². The van der Waals surface area contributed by atoms with Gasteiger partial charge in [-0.05, 0) is 37.8 Å². The Morgan fingerprint density at radius 1 is 1.17 bits per heavy atom. The minimum Gasteiger partial charge on any atom is -0.350 e. The van der Waals surface area contributed by atoms with Crippen molar-refractivity contribution < 1.29 is 18.0 Å². The van der Waals surface area contributed by atoms with Gasteiger partial charge in [0.1, 0.15) is 6.04 Å². The first-order valence-corrected chi connectivity index (χ1v) is 12.4. The molecule has 2 aliphatic heterocycles. The van der Waals surface area contributed by atoms with E-state index in [0.29, 0.717) is 42.2 Å². The van der Waals surface area contributed by atoms with Crippen molar-refractivity contribution >= 4 is 32.7 Å². The molecule has 12 heteroatoms. The van der Waals surface area contributed by atoms with Crippen LogP contribution in [0.5, 0.6) is 0 Å². The highest BCUT2D eigenvalue weighted by Crippen LogP contribution is 2.34.